The van der Waals surface area contributed by atoms with Gasteiger partial charge in [0.25, 0.3) is 0 Å². The van der Waals surface area contributed by atoms with Gasteiger partial charge in [-0.25, -0.2) is 0 Å². The Morgan fingerprint density at radius 2 is 1.83 bits per heavy atom. The van der Waals surface area contributed by atoms with Crippen LogP contribution in [-0.4, -0.2) is 5.66 Å². The fourth-order valence-corrected chi connectivity index (χ4v) is 5.02. The predicted octanol–water partition coefficient (Wildman–Crippen LogP) is 6.14. The molecule has 0 spiro atoms. The fraction of sp³-hybridized carbons (Fsp3) is 0.500. The lowest BCUT2D eigenvalue weighted by atomic mass is 10.0. The number of benzene rings is 1. The Balaban J connectivity index is 2.13. The van der Waals surface area contributed by atoms with Gasteiger partial charge in [0.05, 0.1) is 10.7 Å². The van der Waals surface area contributed by atoms with E-state index in [2.05, 4.69) is 0 Å². The minimum atomic E-state index is -3.19. The quantitative estimate of drug-likeness (QED) is 0.623. The number of halogens is 3. The summed E-state index contributed by atoms with van der Waals surface area (Å²) in [5.41, 5.74) is -0.0698. The minimum Gasteiger partial charge on any atom is -0.431 e. The monoisotopic (exact) mass is 326 g/mol. The van der Waals surface area contributed by atoms with Crippen molar-refractivity contribution >= 4 is 41.2 Å². The van der Waals surface area contributed by atoms with Crippen molar-refractivity contribution in [3.63, 3.8) is 0 Å². The SMILES string of the molecule is O=P(Cl)(Oc1ccc(Cl)cc1Cl)C1CCCCC1. The molecule has 6 heteroatoms. The molecule has 0 N–H and O–H groups in total. The molecular weight excluding hydrogens is 313 g/mol. The highest BCUT2D eigenvalue weighted by molar-refractivity contribution is 7.86. The number of hydrogen-bond acceptors (Lipinski definition) is 2. The van der Waals surface area contributed by atoms with E-state index in [1.807, 2.05) is 0 Å². The first-order valence-electron chi connectivity index (χ1n) is 5.93. The molecule has 0 bridgehead atoms. The van der Waals surface area contributed by atoms with Crippen molar-refractivity contribution in [3.05, 3.63) is 28.2 Å². The van der Waals surface area contributed by atoms with Gasteiger partial charge in [-0.1, -0.05) is 42.5 Å². The van der Waals surface area contributed by atoms with E-state index < -0.39 is 6.72 Å². The van der Waals surface area contributed by atoms with Crippen LogP contribution in [0.15, 0.2) is 18.2 Å². The van der Waals surface area contributed by atoms with Gasteiger partial charge in [0.15, 0.2) is 0 Å². The van der Waals surface area contributed by atoms with E-state index in [9.17, 15) is 4.57 Å². The predicted molar refractivity (Wildman–Crippen MR) is 77.4 cm³/mol. The molecule has 0 aromatic heterocycles. The Morgan fingerprint density at radius 1 is 1.17 bits per heavy atom. The molecule has 0 radical (unpaired) electrons. The standard InChI is InChI=1S/C12H14Cl3O2P/c13-9-6-7-12(11(14)8-9)17-18(15,16)10-4-2-1-3-5-10/h6-8,10H,1-5H2. The summed E-state index contributed by atoms with van der Waals surface area (Å²) < 4.78 is 17.9. The lowest BCUT2D eigenvalue weighted by molar-refractivity contribution is 0.439. The summed E-state index contributed by atoms with van der Waals surface area (Å²) in [6.07, 6.45) is 4.99. The molecule has 1 fully saturated rings. The van der Waals surface area contributed by atoms with Crippen molar-refractivity contribution in [1.82, 2.24) is 0 Å². The van der Waals surface area contributed by atoms with Crippen LogP contribution in [0, 0.1) is 0 Å². The van der Waals surface area contributed by atoms with Gasteiger partial charge in [-0.15, -0.1) is 0 Å². The summed E-state index contributed by atoms with van der Waals surface area (Å²) in [5.74, 6) is 0.338. The van der Waals surface area contributed by atoms with E-state index in [1.54, 1.807) is 18.2 Å². The second-order valence-corrected chi connectivity index (χ2v) is 8.69. The van der Waals surface area contributed by atoms with Crippen molar-refractivity contribution in [1.29, 1.82) is 0 Å². The van der Waals surface area contributed by atoms with Crippen LogP contribution in [0.5, 0.6) is 5.75 Å². The molecule has 1 aliphatic carbocycles. The lowest BCUT2D eigenvalue weighted by Crippen LogP contribution is -2.13. The first-order chi connectivity index (χ1) is 8.49. The molecular formula is C12H14Cl3O2P. The number of hydrogen-bond donors (Lipinski definition) is 0. The van der Waals surface area contributed by atoms with E-state index in [0.29, 0.717) is 15.8 Å². The van der Waals surface area contributed by atoms with Gasteiger partial charge in [0, 0.05) is 5.02 Å². The van der Waals surface area contributed by atoms with Crippen LogP contribution >= 0.6 is 41.2 Å². The second-order valence-electron chi connectivity index (χ2n) is 4.48. The molecule has 1 aromatic carbocycles. The van der Waals surface area contributed by atoms with E-state index in [-0.39, 0.29) is 5.66 Å². The molecule has 1 unspecified atom stereocenters. The maximum atomic E-state index is 12.4. The summed E-state index contributed by atoms with van der Waals surface area (Å²) in [7, 11) is 0. The summed E-state index contributed by atoms with van der Waals surface area (Å²) in [6, 6.07) is 4.79. The second kappa shape index (κ2) is 6.05. The highest BCUT2D eigenvalue weighted by Gasteiger charge is 2.35. The Morgan fingerprint density at radius 3 is 2.44 bits per heavy atom. The third kappa shape index (κ3) is 3.57. The highest BCUT2D eigenvalue weighted by atomic mass is 35.7. The molecule has 0 amide bonds. The maximum Gasteiger partial charge on any atom is 0.339 e. The van der Waals surface area contributed by atoms with Crippen molar-refractivity contribution in [2.75, 3.05) is 0 Å². The van der Waals surface area contributed by atoms with Crippen LogP contribution in [0.25, 0.3) is 0 Å². The Labute approximate surface area is 122 Å². The third-order valence-corrected chi connectivity index (χ3v) is 6.53. The largest absolute Gasteiger partial charge is 0.431 e. The fourth-order valence-electron chi connectivity index (χ4n) is 2.15. The Kier molecular flexibility index (Phi) is 4.88. The zero-order chi connectivity index (χ0) is 13.2. The van der Waals surface area contributed by atoms with E-state index in [0.717, 1.165) is 25.7 Å². The van der Waals surface area contributed by atoms with Gasteiger partial charge in [0.2, 0.25) is 0 Å². The van der Waals surface area contributed by atoms with Crippen molar-refractivity contribution in [2.24, 2.45) is 0 Å². The summed E-state index contributed by atoms with van der Waals surface area (Å²) in [4.78, 5) is 0. The highest BCUT2D eigenvalue weighted by Crippen LogP contribution is 2.61. The van der Waals surface area contributed by atoms with Crippen LogP contribution < -0.4 is 4.52 Å². The van der Waals surface area contributed by atoms with Crippen molar-refractivity contribution in [2.45, 2.75) is 37.8 Å². The molecule has 2 nitrogen and oxygen atoms in total. The lowest BCUT2D eigenvalue weighted by Gasteiger charge is -2.26. The topological polar surface area (TPSA) is 26.3 Å². The molecule has 1 aromatic rings. The molecule has 1 aliphatic rings. The van der Waals surface area contributed by atoms with E-state index in [1.165, 1.54) is 6.42 Å². The van der Waals surface area contributed by atoms with Crippen LogP contribution in [0.1, 0.15) is 32.1 Å². The van der Waals surface area contributed by atoms with Crippen LogP contribution in [0.3, 0.4) is 0 Å². The van der Waals surface area contributed by atoms with Crippen LogP contribution in [0.2, 0.25) is 10.0 Å². The first kappa shape index (κ1) is 14.5. The van der Waals surface area contributed by atoms with Gasteiger partial charge in [-0.3, -0.25) is 4.57 Å². The molecule has 1 atom stereocenters. The summed E-state index contributed by atoms with van der Waals surface area (Å²) >= 11 is 17.9. The van der Waals surface area contributed by atoms with Gasteiger partial charge < -0.3 is 4.52 Å². The number of rotatable bonds is 3. The normalized spacial score (nSPS) is 20.4. The van der Waals surface area contributed by atoms with Crippen LogP contribution in [0.4, 0.5) is 0 Å². The molecule has 2 rings (SSSR count). The van der Waals surface area contributed by atoms with Crippen LogP contribution in [-0.2, 0) is 4.57 Å². The molecule has 0 saturated heterocycles. The first-order valence-corrected chi connectivity index (χ1v) is 9.28. The molecule has 0 aliphatic heterocycles. The van der Waals surface area contributed by atoms with Crippen molar-refractivity contribution < 1.29 is 9.09 Å². The smallest absolute Gasteiger partial charge is 0.339 e. The zero-order valence-electron chi connectivity index (χ0n) is 9.74. The van der Waals surface area contributed by atoms with Crippen molar-refractivity contribution in [3.8, 4) is 5.75 Å². The molecule has 100 valence electrons. The third-order valence-electron chi connectivity index (χ3n) is 3.13. The summed E-state index contributed by atoms with van der Waals surface area (Å²) in [6.45, 7) is -3.19. The zero-order valence-corrected chi connectivity index (χ0v) is 12.9. The Bertz CT molecular complexity index is 472. The average molecular weight is 328 g/mol. The Hall–Kier alpha value is 0.120. The molecule has 0 heterocycles. The summed E-state index contributed by atoms with van der Waals surface area (Å²) in [5, 5.41) is 0.841. The molecule has 18 heavy (non-hydrogen) atoms. The maximum absolute atomic E-state index is 12.4. The van der Waals surface area contributed by atoms with Gasteiger partial charge >= 0.3 is 6.72 Å². The van der Waals surface area contributed by atoms with Gasteiger partial charge in [-0.2, -0.15) is 0 Å². The van der Waals surface area contributed by atoms with E-state index in [4.69, 9.17) is 39.0 Å². The van der Waals surface area contributed by atoms with Gasteiger partial charge in [0.1, 0.15) is 5.75 Å². The van der Waals surface area contributed by atoms with E-state index >= 15 is 0 Å². The average Bonchev–Trinajstić information content (AvgIpc) is 2.34. The minimum absolute atomic E-state index is 0.0698. The molecule has 1 saturated carbocycles. The van der Waals surface area contributed by atoms with Gasteiger partial charge in [-0.05, 0) is 42.3 Å².